The van der Waals surface area contributed by atoms with Gasteiger partial charge in [0.05, 0.1) is 0 Å². The van der Waals surface area contributed by atoms with Crippen molar-refractivity contribution in [1.29, 1.82) is 0 Å². The van der Waals surface area contributed by atoms with Crippen LogP contribution in [0.1, 0.15) is 182 Å². The van der Waals surface area contributed by atoms with Gasteiger partial charge in [-0.1, -0.05) is 182 Å². The summed E-state index contributed by atoms with van der Waals surface area (Å²) in [7, 11) is 0. The van der Waals surface area contributed by atoms with Gasteiger partial charge >= 0.3 is 0 Å². The first-order valence-electron chi connectivity index (χ1n) is 14.7. The average molecular weight is 423 g/mol. The number of unbranched alkanes of at least 4 members (excludes halogenated alkanes) is 17. The van der Waals surface area contributed by atoms with Gasteiger partial charge in [0.25, 0.3) is 0 Å². The summed E-state index contributed by atoms with van der Waals surface area (Å²) >= 11 is 0. The Bertz CT molecular complexity index is 294. The lowest BCUT2D eigenvalue weighted by Crippen LogP contribution is -1.96. The molecule has 0 rings (SSSR count). The molecular formula is C30H62. The van der Waals surface area contributed by atoms with E-state index in [1.54, 1.807) is 0 Å². The maximum Gasteiger partial charge on any atom is -0.0443 e. The molecule has 0 aliphatic heterocycles. The normalized spacial score (nSPS) is 13.6. The lowest BCUT2D eigenvalue weighted by Gasteiger charge is -2.12. The molecule has 30 heavy (non-hydrogen) atoms. The fourth-order valence-electron chi connectivity index (χ4n) is 4.87. The van der Waals surface area contributed by atoms with Crippen molar-refractivity contribution in [2.45, 2.75) is 182 Å². The van der Waals surface area contributed by atoms with Crippen molar-refractivity contribution in [2.75, 3.05) is 0 Å². The van der Waals surface area contributed by atoms with Gasteiger partial charge in [0.1, 0.15) is 0 Å². The summed E-state index contributed by atoms with van der Waals surface area (Å²) in [4.78, 5) is 0. The summed E-state index contributed by atoms with van der Waals surface area (Å²) < 4.78 is 0. The van der Waals surface area contributed by atoms with Gasteiger partial charge in [-0.15, -0.1) is 0 Å². The molecule has 0 fully saturated rings. The standard InChI is InChI=1S/C30H62/c1-5-7-9-10-11-12-13-14-15-16-17-19-22-27-30(4)28-24-21-18-20-23-26-29(3)25-8-6-2/h29-30H,5-28H2,1-4H3. The van der Waals surface area contributed by atoms with Crippen LogP contribution < -0.4 is 0 Å². The second-order valence-corrected chi connectivity index (χ2v) is 10.7. The van der Waals surface area contributed by atoms with E-state index in [9.17, 15) is 0 Å². The van der Waals surface area contributed by atoms with Crippen LogP contribution in [-0.2, 0) is 0 Å². The van der Waals surface area contributed by atoms with Crippen molar-refractivity contribution in [3.05, 3.63) is 0 Å². The monoisotopic (exact) mass is 422 g/mol. The zero-order valence-corrected chi connectivity index (χ0v) is 22.1. The maximum absolute atomic E-state index is 2.50. The molecule has 2 atom stereocenters. The molecule has 0 aromatic rings. The third-order valence-electron chi connectivity index (χ3n) is 7.24. The lowest BCUT2D eigenvalue weighted by molar-refractivity contribution is 0.420. The number of rotatable bonds is 25. The van der Waals surface area contributed by atoms with Gasteiger partial charge in [0.2, 0.25) is 0 Å². The molecule has 0 aromatic carbocycles. The highest BCUT2D eigenvalue weighted by molar-refractivity contribution is 4.57. The maximum atomic E-state index is 2.50. The van der Waals surface area contributed by atoms with Gasteiger partial charge < -0.3 is 0 Å². The van der Waals surface area contributed by atoms with Crippen molar-refractivity contribution in [3.8, 4) is 0 Å². The molecule has 0 bridgehead atoms. The predicted molar refractivity (Wildman–Crippen MR) is 140 cm³/mol. The fraction of sp³-hybridized carbons (Fsp3) is 1.00. The molecule has 0 aliphatic carbocycles. The van der Waals surface area contributed by atoms with Crippen molar-refractivity contribution in [2.24, 2.45) is 11.8 Å². The molecule has 0 heterocycles. The van der Waals surface area contributed by atoms with Gasteiger partial charge in [-0.2, -0.15) is 0 Å². The molecule has 2 unspecified atom stereocenters. The minimum absolute atomic E-state index is 0.963. The van der Waals surface area contributed by atoms with Crippen LogP contribution in [0.4, 0.5) is 0 Å². The third-order valence-corrected chi connectivity index (χ3v) is 7.24. The Morgan fingerprint density at radius 3 is 0.833 bits per heavy atom. The van der Waals surface area contributed by atoms with Crippen LogP contribution in [0.5, 0.6) is 0 Å². The molecule has 0 saturated heterocycles. The van der Waals surface area contributed by atoms with E-state index in [0.29, 0.717) is 0 Å². The second kappa shape index (κ2) is 25.3. The summed E-state index contributed by atoms with van der Waals surface area (Å²) in [6, 6.07) is 0. The van der Waals surface area contributed by atoms with Crippen LogP contribution >= 0.6 is 0 Å². The summed E-state index contributed by atoms with van der Waals surface area (Å²) in [5.41, 5.74) is 0. The smallest absolute Gasteiger partial charge is 0.0443 e. The van der Waals surface area contributed by atoms with Gasteiger partial charge in [0.15, 0.2) is 0 Å². The van der Waals surface area contributed by atoms with E-state index in [-0.39, 0.29) is 0 Å². The Balaban J connectivity index is 3.19. The molecule has 0 aliphatic rings. The first-order valence-corrected chi connectivity index (χ1v) is 14.7. The van der Waals surface area contributed by atoms with Crippen molar-refractivity contribution < 1.29 is 0 Å². The van der Waals surface area contributed by atoms with Crippen LogP contribution in [0, 0.1) is 11.8 Å². The Morgan fingerprint density at radius 2 is 0.533 bits per heavy atom. The van der Waals surface area contributed by atoms with E-state index in [2.05, 4.69) is 27.7 Å². The van der Waals surface area contributed by atoms with Gasteiger partial charge in [-0.3, -0.25) is 0 Å². The zero-order chi connectivity index (χ0) is 22.1. The molecular weight excluding hydrogens is 360 g/mol. The molecule has 0 radical (unpaired) electrons. The molecule has 0 N–H and O–H groups in total. The van der Waals surface area contributed by atoms with E-state index in [1.807, 2.05) is 0 Å². The SMILES string of the molecule is CCCCCCCCCCCCCCCC(C)CCCCCCCC(C)CCCC. The highest BCUT2D eigenvalue weighted by Gasteiger charge is 2.03. The van der Waals surface area contributed by atoms with Crippen LogP contribution in [0.2, 0.25) is 0 Å². The van der Waals surface area contributed by atoms with Crippen molar-refractivity contribution in [3.63, 3.8) is 0 Å². The molecule has 0 saturated carbocycles. The van der Waals surface area contributed by atoms with Crippen LogP contribution in [0.15, 0.2) is 0 Å². The van der Waals surface area contributed by atoms with E-state index in [1.165, 1.54) is 154 Å². The van der Waals surface area contributed by atoms with E-state index in [0.717, 1.165) is 11.8 Å². The van der Waals surface area contributed by atoms with Crippen LogP contribution in [0.3, 0.4) is 0 Å². The van der Waals surface area contributed by atoms with Crippen molar-refractivity contribution >= 4 is 0 Å². The highest BCUT2D eigenvalue weighted by atomic mass is 14.1. The molecule has 0 heteroatoms. The van der Waals surface area contributed by atoms with Gasteiger partial charge in [-0.05, 0) is 11.8 Å². The average Bonchev–Trinajstić information content (AvgIpc) is 2.74. The van der Waals surface area contributed by atoms with Crippen LogP contribution in [-0.4, -0.2) is 0 Å². The number of hydrogen-bond acceptors (Lipinski definition) is 0. The Labute approximate surface area is 193 Å². The first-order chi connectivity index (χ1) is 14.7. The zero-order valence-electron chi connectivity index (χ0n) is 22.1. The fourth-order valence-corrected chi connectivity index (χ4v) is 4.87. The van der Waals surface area contributed by atoms with E-state index >= 15 is 0 Å². The van der Waals surface area contributed by atoms with Crippen molar-refractivity contribution in [1.82, 2.24) is 0 Å². The molecule has 0 nitrogen and oxygen atoms in total. The molecule has 0 amide bonds. The first kappa shape index (κ1) is 30.0. The second-order valence-electron chi connectivity index (χ2n) is 10.7. The molecule has 0 aromatic heterocycles. The quantitative estimate of drug-likeness (QED) is 0.128. The van der Waals surface area contributed by atoms with Gasteiger partial charge in [-0.25, -0.2) is 0 Å². The van der Waals surface area contributed by atoms with Gasteiger partial charge in [0, 0.05) is 0 Å². The Morgan fingerprint density at radius 1 is 0.300 bits per heavy atom. The minimum atomic E-state index is 0.963. The number of hydrogen-bond donors (Lipinski definition) is 0. The molecule has 182 valence electrons. The third kappa shape index (κ3) is 24.3. The van der Waals surface area contributed by atoms with E-state index < -0.39 is 0 Å². The lowest BCUT2D eigenvalue weighted by atomic mass is 9.94. The predicted octanol–water partition coefficient (Wildman–Crippen LogP) is 11.7. The Kier molecular flexibility index (Phi) is 25.3. The highest BCUT2D eigenvalue weighted by Crippen LogP contribution is 2.20. The van der Waals surface area contributed by atoms with Crippen LogP contribution in [0.25, 0.3) is 0 Å². The summed E-state index contributed by atoms with van der Waals surface area (Å²) in [5, 5.41) is 0. The largest absolute Gasteiger partial charge is 0.0654 e. The summed E-state index contributed by atoms with van der Waals surface area (Å²) in [6.07, 6.45) is 35.2. The van der Waals surface area contributed by atoms with E-state index in [4.69, 9.17) is 0 Å². The molecule has 0 spiro atoms. The Hall–Kier alpha value is 0. The summed E-state index contributed by atoms with van der Waals surface area (Å²) in [5.74, 6) is 1.93. The summed E-state index contributed by atoms with van der Waals surface area (Å²) in [6.45, 7) is 9.57. The minimum Gasteiger partial charge on any atom is -0.0654 e. The topological polar surface area (TPSA) is 0 Å².